The molecule has 8 heteroatoms. The summed E-state index contributed by atoms with van der Waals surface area (Å²) in [5.74, 6) is 1.16. The normalized spacial score (nSPS) is 15.8. The fourth-order valence-electron chi connectivity index (χ4n) is 4.21. The lowest BCUT2D eigenvalue weighted by Gasteiger charge is -2.15. The van der Waals surface area contributed by atoms with Crippen molar-refractivity contribution in [1.82, 2.24) is 19.7 Å². The lowest BCUT2D eigenvalue weighted by Crippen LogP contribution is -2.22. The molecule has 5 rings (SSSR count). The maximum Gasteiger partial charge on any atom is 0.214 e. The Bertz CT molecular complexity index is 1260. The molecule has 4 aromatic rings. The number of oxazole rings is 1. The highest BCUT2D eigenvalue weighted by molar-refractivity contribution is 6.76. The van der Waals surface area contributed by atoms with Crippen LogP contribution in [0.25, 0.3) is 22.5 Å². The molecule has 172 valence electrons. The van der Waals surface area contributed by atoms with Crippen LogP contribution in [0.1, 0.15) is 29.2 Å². The third kappa shape index (κ3) is 4.72. The molecule has 0 bridgehead atoms. The van der Waals surface area contributed by atoms with Crippen LogP contribution in [-0.4, -0.2) is 34.4 Å². The van der Waals surface area contributed by atoms with Crippen LogP contribution < -0.4 is 4.74 Å². The first-order valence-corrected chi connectivity index (χ1v) is 15.2. The Morgan fingerprint density at radius 3 is 2.85 bits per heavy atom. The lowest BCUT2D eigenvalue weighted by molar-refractivity contribution is 0.0818. The van der Waals surface area contributed by atoms with Crippen molar-refractivity contribution in [2.24, 2.45) is 0 Å². The van der Waals surface area contributed by atoms with Crippen LogP contribution in [0.5, 0.6) is 5.88 Å². The zero-order valence-electron chi connectivity index (χ0n) is 19.7. The number of aryl methyl sites for hydroxylation is 2. The highest BCUT2D eigenvalue weighted by Crippen LogP contribution is 2.36. The van der Waals surface area contributed by atoms with Gasteiger partial charge in [0, 0.05) is 20.7 Å². The Hall–Kier alpha value is -2.97. The first kappa shape index (κ1) is 21.9. The molecule has 0 fully saturated rings. The minimum absolute atomic E-state index is 0.0132. The molecule has 1 unspecified atom stereocenters. The number of fused-ring (bicyclic) bond motifs is 2. The topological polar surface area (TPSA) is 75.2 Å². The highest BCUT2D eigenvalue weighted by atomic mass is 28.3. The van der Waals surface area contributed by atoms with E-state index in [0.717, 1.165) is 36.5 Å². The zero-order valence-corrected chi connectivity index (χ0v) is 20.7. The van der Waals surface area contributed by atoms with Gasteiger partial charge in [0.05, 0.1) is 11.7 Å². The second-order valence-electron chi connectivity index (χ2n) is 9.93. The van der Waals surface area contributed by atoms with Crippen LogP contribution >= 0.6 is 0 Å². The van der Waals surface area contributed by atoms with E-state index in [2.05, 4.69) is 49.7 Å². The summed E-state index contributed by atoms with van der Waals surface area (Å²) in [6.07, 6.45) is 5.06. The highest BCUT2D eigenvalue weighted by Gasteiger charge is 2.25. The van der Waals surface area contributed by atoms with Crippen molar-refractivity contribution in [3.63, 3.8) is 0 Å². The number of rotatable bonds is 8. The molecule has 0 spiro atoms. The number of benzene rings is 1. The summed E-state index contributed by atoms with van der Waals surface area (Å²) in [7, 11) is -1.15. The van der Waals surface area contributed by atoms with E-state index in [-0.39, 0.29) is 6.10 Å². The Morgan fingerprint density at radius 1 is 1.18 bits per heavy atom. The molecule has 0 saturated heterocycles. The Labute approximate surface area is 194 Å². The number of hydrogen-bond donors (Lipinski definition) is 0. The molecule has 0 N–H and O–H groups in total. The zero-order chi connectivity index (χ0) is 23.0. The van der Waals surface area contributed by atoms with Crippen molar-refractivity contribution in [1.29, 1.82) is 0 Å². The van der Waals surface area contributed by atoms with Crippen molar-refractivity contribution in [3.8, 4) is 17.3 Å². The monoisotopic (exact) mass is 462 g/mol. The summed E-state index contributed by atoms with van der Waals surface area (Å²) >= 11 is 0. The third-order valence-electron chi connectivity index (χ3n) is 6.03. The van der Waals surface area contributed by atoms with E-state index in [9.17, 15) is 0 Å². The molecule has 0 amide bonds. The van der Waals surface area contributed by atoms with Gasteiger partial charge in [-0.25, -0.2) is 14.6 Å². The van der Waals surface area contributed by atoms with Crippen LogP contribution in [-0.2, 0) is 17.9 Å². The van der Waals surface area contributed by atoms with E-state index < -0.39 is 8.07 Å². The van der Waals surface area contributed by atoms with Crippen molar-refractivity contribution < 1.29 is 13.9 Å². The van der Waals surface area contributed by atoms with Crippen molar-refractivity contribution in [3.05, 3.63) is 59.6 Å². The van der Waals surface area contributed by atoms with Crippen molar-refractivity contribution >= 4 is 19.1 Å². The molecule has 1 aliphatic carbocycles. The Morgan fingerprint density at radius 2 is 2.06 bits per heavy atom. The summed E-state index contributed by atoms with van der Waals surface area (Å²) in [6, 6.07) is 11.6. The minimum atomic E-state index is -1.15. The van der Waals surface area contributed by atoms with Crippen LogP contribution in [0, 0.1) is 6.92 Å². The van der Waals surface area contributed by atoms with Crippen LogP contribution in [0.2, 0.25) is 25.7 Å². The second-order valence-corrected chi connectivity index (χ2v) is 15.5. The third-order valence-corrected chi connectivity index (χ3v) is 7.74. The maximum atomic E-state index is 6.35. The van der Waals surface area contributed by atoms with Crippen molar-refractivity contribution in [2.75, 3.05) is 6.61 Å². The number of ether oxygens (including phenoxy) is 2. The van der Waals surface area contributed by atoms with E-state index in [1.54, 1.807) is 6.20 Å². The van der Waals surface area contributed by atoms with Crippen molar-refractivity contribution in [2.45, 2.75) is 58.3 Å². The molecular formula is C25H30N4O3Si. The molecular weight excluding hydrogens is 432 g/mol. The van der Waals surface area contributed by atoms with E-state index in [1.165, 1.54) is 23.1 Å². The maximum absolute atomic E-state index is 6.35. The number of aromatic nitrogens is 4. The van der Waals surface area contributed by atoms with Gasteiger partial charge in [-0.3, -0.25) is 0 Å². The van der Waals surface area contributed by atoms with Gasteiger partial charge in [-0.15, -0.1) is 0 Å². The lowest BCUT2D eigenvalue weighted by atomic mass is 10.1. The minimum Gasteiger partial charge on any atom is -0.469 e. The molecule has 1 aromatic carbocycles. The Balaban J connectivity index is 1.42. The second kappa shape index (κ2) is 8.76. The molecule has 1 atom stereocenters. The van der Waals surface area contributed by atoms with E-state index in [0.29, 0.717) is 24.1 Å². The number of hydrogen-bond acceptors (Lipinski definition) is 6. The summed E-state index contributed by atoms with van der Waals surface area (Å²) in [5, 5.41) is 4.74. The molecule has 0 aliphatic heterocycles. The predicted molar refractivity (Wildman–Crippen MR) is 130 cm³/mol. The largest absolute Gasteiger partial charge is 0.469 e. The molecule has 3 heterocycles. The summed E-state index contributed by atoms with van der Waals surface area (Å²) in [4.78, 5) is 8.88. The smallest absolute Gasteiger partial charge is 0.214 e. The molecule has 33 heavy (non-hydrogen) atoms. The van der Waals surface area contributed by atoms with E-state index >= 15 is 0 Å². The fourth-order valence-corrected chi connectivity index (χ4v) is 4.96. The van der Waals surface area contributed by atoms with Crippen LogP contribution in [0.15, 0.2) is 47.3 Å². The van der Waals surface area contributed by atoms with Gasteiger partial charge in [0.2, 0.25) is 5.88 Å². The van der Waals surface area contributed by atoms with Gasteiger partial charge in [0.15, 0.2) is 17.8 Å². The van der Waals surface area contributed by atoms with E-state index in [1.807, 2.05) is 16.8 Å². The number of pyridine rings is 1. The molecule has 1 aliphatic rings. The van der Waals surface area contributed by atoms with Gasteiger partial charge >= 0.3 is 0 Å². The summed E-state index contributed by atoms with van der Waals surface area (Å²) in [5.41, 5.74) is 6.15. The van der Waals surface area contributed by atoms with Gasteiger partial charge < -0.3 is 13.9 Å². The first-order chi connectivity index (χ1) is 15.9. The summed E-state index contributed by atoms with van der Waals surface area (Å²) < 4.78 is 19.7. The SMILES string of the molecule is Cc1ccc2c(c1)CCC2Oc1ccc2c(n1)c(-c1cnco1)nn2COCC[Si](C)(C)C. The number of nitrogens with zero attached hydrogens (tertiary/aromatic N) is 4. The average molecular weight is 463 g/mol. The standard InChI is InChI=1S/C25H30N4O3Si/c1-17-5-7-19-18(13-17)6-9-21(19)32-23-10-8-20-24(27-23)25(22-14-26-15-31-22)28-29(20)16-30-11-12-33(2,3)4/h5,7-8,10,13-15,21H,6,9,11-12,16H2,1-4H3. The van der Waals surface area contributed by atoms with Gasteiger partial charge in [0.1, 0.15) is 18.4 Å². The van der Waals surface area contributed by atoms with Gasteiger partial charge in [-0.2, -0.15) is 5.10 Å². The van der Waals surface area contributed by atoms with Crippen LogP contribution in [0.3, 0.4) is 0 Å². The first-order valence-electron chi connectivity index (χ1n) is 11.5. The molecule has 3 aromatic heterocycles. The van der Waals surface area contributed by atoms with Gasteiger partial charge in [-0.1, -0.05) is 43.4 Å². The van der Waals surface area contributed by atoms with E-state index in [4.69, 9.17) is 24.0 Å². The average Bonchev–Trinajstić information content (AvgIpc) is 3.50. The summed E-state index contributed by atoms with van der Waals surface area (Å²) in [6.45, 7) is 10.3. The van der Waals surface area contributed by atoms with Crippen LogP contribution in [0.4, 0.5) is 0 Å². The Kier molecular flexibility index (Phi) is 5.80. The van der Waals surface area contributed by atoms with Gasteiger partial charge in [-0.05, 0) is 43.0 Å². The molecule has 0 saturated carbocycles. The molecule has 7 nitrogen and oxygen atoms in total. The molecule has 0 radical (unpaired) electrons. The quantitative estimate of drug-likeness (QED) is 0.244. The van der Waals surface area contributed by atoms with Gasteiger partial charge in [0.25, 0.3) is 0 Å². The fraction of sp³-hybridized carbons (Fsp3) is 0.400. The predicted octanol–water partition coefficient (Wildman–Crippen LogP) is 5.77.